The van der Waals surface area contributed by atoms with Gasteiger partial charge in [-0.1, -0.05) is 53.7 Å². The van der Waals surface area contributed by atoms with Crippen molar-refractivity contribution in [3.8, 4) is 5.75 Å². The molecule has 2 aromatic heterocycles. The van der Waals surface area contributed by atoms with Crippen molar-refractivity contribution in [1.29, 1.82) is 0 Å². The van der Waals surface area contributed by atoms with Crippen molar-refractivity contribution in [2.24, 2.45) is 0 Å². The number of ether oxygens (including phenoxy) is 2. The standard InChI is InChI=1S/C39H48N8O3.ClH/c1-3-50-27-26-47-35-13-8-7-12-34(35)41-38(47)44-20-9-19-43(24-25-44)21-16-39(32-10-5-4-6-11-32)17-22-45(30-39)37(48)33-28-31(14-15-36(33)49-2)29-46-23-18-40-42-46;/h4-8,10-15,18,23,28H,3,9,16-17,19-22,24-27,29-30H2,1-2H3;1H. The highest BCUT2D eigenvalue weighted by atomic mass is 35.5. The molecule has 51 heavy (non-hydrogen) atoms. The maximum atomic E-state index is 14.2. The lowest BCUT2D eigenvalue weighted by atomic mass is 9.76. The number of rotatable bonds is 13. The van der Waals surface area contributed by atoms with E-state index in [9.17, 15) is 4.79 Å². The Labute approximate surface area is 306 Å². The second-order valence-electron chi connectivity index (χ2n) is 13.4. The lowest BCUT2D eigenvalue weighted by Crippen LogP contribution is -2.39. The van der Waals surface area contributed by atoms with E-state index < -0.39 is 0 Å². The number of para-hydroxylation sites is 2. The zero-order valence-corrected chi connectivity index (χ0v) is 30.5. The lowest BCUT2D eigenvalue weighted by Gasteiger charge is -2.33. The molecule has 2 aliphatic rings. The molecule has 2 aliphatic heterocycles. The monoisotopic (exact) mass is 712 g/mol. The molecule has 0 bridgehead atoms. The van der Waals surface area contributed by atoms with Gasteiger partial charge in [-0.2, -0.15) is 0 Å². The number of halogens is 1. The summed E-state index contributed by atoms with van der Waals surface area (Å²) in [5.74, 6) is 1.65. The van der Waals surface area contributed by atoms with Gasteiger partial charge in [-0.15, -0.1) is 17.5 Å². The Morgan fingerprint density at radius 1 is 0.941 bits per heavy atom. The summed E-state index contributed by atoms with van der Waals surface area (Å²) in [4.78, 5) is 26.4. The van der Waals surface area contributed by atoms with E-state index in [-0.39, 0.29) is 23.7 Å². The number of amides is 1. The first-order chi connectivity index (χ1) is 24.6. The molecule has 11 nitrogen and oxygen atoms in total. The van der Waals surface area contributed by atoms with Crippen molar-refractivity contribution in [3.05, 3.63) is 102 Å². The first-order valence-corrected chi connectivity index (χ1v) is 17.9. The number of nitrogens with zero attached hydrogens (tertiary/aromatic N) is 8. The highest BCUT2D eigenvalue weighted by Crippen LogP contribution is 2.39. The number of benzene rings is 3. The van der Waals surface area contributed by atoms with E-state index in [0.29, 0.717) is 44.2 Å². The van der Waals surface area contributed by atoms with Crippen LogP contribution in [0.15, 0.2) is 85.2 Å². The summed E-state index contributed by atoms with van der Waals surface area (Å²) < 4.78 is 15.5. The molecule has 1 unspecified atom stereocenters. The summed E-state index contributed by atoms with van der Waals surface area (Å²) in [5, 5.41) is 8.01. The summed E-state index contributed by atoms with van der Waals surface area (Å²) in [6.45, 7) is 11.0. The van der Waals surface area contributed by atoms with Gasteiger partial charge >= 0.3 is 0 Å². The molecule has 2 fully saturated rings. The molecule has 0 spiro atoms. The van der Waals surface area contributed by atoms with Gasteiger partial charge in [0, 0.05) is 57.5 Å². The lowest BCUT2D eigenvalue weighted by molar-refractivity contribution is 0.0777. The summed E-state index contributed by atoms with van der Waals surface area (Å²) in [6.07, 6.45) is 6.46. The molecule has 0 N–H and O–H groups in total. The average Bonchev–Trinajstić information content (AvgIpc) is 3.88. The van der Waals surface area contributed by atoms with Gasteiger partial charge in [0.1, 0.15) is 5.75 Å². The molecular formula is C39H49ClN8O3. The van der Waals surface area contributed by atoms with E-state index in [1.807, 2.05) is 36.2 Å². The predicted molar refractivity (Wildman–Crippen MR) is 202 cm³/mol. The first kappa shape index (κ1) is 36.3. The van der Waals surface area contributed by atoms with Crippen LogP contribution < -0.4 is 9.64 Å². The van der Waals surface area contributed by atoms with E-state index >= 15 is 0 Å². The first-order valence-electron chi connectivity index (χ1n) is 17.9. The van der Waals surface area contributed by atoms with Crippen molar-refractivity contribution in [2.45, 2.75) is 44.7 Å². The molecule has 12 heteroatoms. The van der Waals surface area contributed by atoms with E-state index in [1.54, 1.807) is 18.0 Å². The van der Waals surface area contributed by atoms with E-state index in [0.717, 1.165) is 81.1 Å². The van der Waals surface area contributed by atoms with Gasteiger partial charge in [0.05, 0.1) is 43.1 Å². The van der Waals surface area contributed by atoms with Crippen molar-refractivity contribution in [3.63, 3.8) is 0 Å². The normalized spacial score (nSPS) is 18.2. The average molecular weight is 713 g/mol. The fourth-order valence-corrected chi connectivity index (χ4v) is 7.71. The number of carbonyl (C=O) groups is 1. The van der Waals surface area contributed by atoms with E-state index in [4.69, 9.17) is 14.5 Å². The number of hydrogen-bond donors (Lipinski definition) is 0. The number of fused-ring (bicyclic) bond motifs is 1. The van der Waals surface area contributed by atoms with Gasteiger partial charge in [0.15, 0.2) is 0 Å². The summed E-state index contributed by atoms with van der Waals surface area (Å²) >= 11 is 0. The molecule has 0 radical (unpaired) electrons. The van der Waals surface area contributed by atoms with Crippen LogP contribution >= 0.6 is 12.4 Å². The third kappa shape index (κ3) is 8.06. The number of carbonyl (C=O) groups excluding carboxylic acids is 1. The largest absolute Gasteiger partial charge is 0.496 e. The molecule has 0 aliphatic carbocycles. The Hall–Kier alpha value is -4.45. The topological polar surface area (TPSA) is 93.8 Å². The van der Waals surface area contributed by atoms with Crippen LogP contribution in [-0.4, -0.2) is 106 Å². The van der Waals surface area contributed by atoms with Gasteiger partial charge < -0.3 is 28.7 Å². The second kappa shape index (κ2) is 16.7. The van der Waals surface area contributed by atoms with Crippen LogP contribution in [0.5, 0.6) is 5.75 Å². The Kier molecular flexibility index (Phi) is 11.9. The molecular weight excluding hydrogens is 664 g/mol. The highest BCUT2D eigenvalue weighted by Gasteiger charge is 2.42. The SMILES string of the molecule is CCOCCn1c(N2CCCN(CCC3(c4ccccc4)CCN(C(=O)c4cc(Cn5ccnn5)ccc4OC)C3)CC2)nc2ccccc21.Cl. The van der Waals surface area contributed by atoms with Gasteiger partial charge in [-0.05, 0) is 74.7 Å². The minimum Gasteiger partial charge on any atom is -0.496 e. The Bertz CT molecular complexity index is 1870. The quantitative estimate of drug-likeness (QED) is 0.147. The molecule has 0 saturated carbocycles. The van der Waals surface area contributed by atoms with Crippen molar-refractivity contribution < 1.29 is 14.3 Å². The molecule has 3 aromatic carbocycles. The predicted octanol–water partition coefficient (Wildman–Crippen LogP) is 5.53. The van der Waals surface area contributed by atoms with Gasteiger partial charge in [0.2, 0.25) is 5.95 Å². The van der Waals surface area contributed by atoms with Crippen LogP contribution in [0.4, 0.5) is 5.95 Å². The molecule has 2 saturated heterocycles. The fraction of sp³-hybridized carbons (Fsp3) is 0.436. The van der Waals surface area contributed by atoms with Gasteiger partial charge in [-0.25, -0.2) is 9.67 Å². The van der Waals surface area contributed by atoms with Crippen molar-refractivity contribution in [2.75, 3.05) is 71.0 Å². The summed E-state index contributed by atoms with van der Waals surface area (Å²) in [6, 6.07) is 25.0. The second-order valence-corrected chi connectivity index (χ2v) is 13.4. The smallest absolute Gasteiger partial charge is 0.257 e. The molecule has 4 heterocycles. The van der Waals surface area contributed by atoms with E-state index in [1.165, 1.54) is 5.56 Å². The van der Waals surface area contributed by atoms with Gasteiger partial charge in [0.25, 0.3) is 5.91 Å². The van der Waals surface area contributed by atoms with Crippen LogP contribution in [0.2, 0.25) is 0 Å². The van der Waals surface area contributed by atoms with Crippen molar-refractivity contribution >= 4 is 35.3 Å². The number of methoxy groups -OCH3 is 1. The van der Waals surface area contributed by atoms with Crippen molar-refractivity contribution in [1.82, 2.24) is 34.3 Å². The van der Waals surface area contributed by atoms with Crippen LogP contribution in [0.3, 0.4) is 0 Å². The third-order valence-electron chi connectivity index (χ3n) is 10.4. The zero-order chi connectivity index (χ0) is 34.3. The zero-order valence-electron chi connectivity index (χ0n) is 29.7. The molecule has 270 valence electrons. The fourth-order valence-electron chi connectivity index (χ4n) is 7.71. The Balaban J connectivity index is 0.00000448. The molecule has 1 amide bonds. The highest BCUT2D eigenvalue weighted by molar-refractivity contribution is 5.97. The minimum atomic E-state index is -0.123. The molecule has 5 aromatic rings. The number of hydrogen-bond acceptors (Lipinski definition) is 8. The number of imidazole rings is 1. The Morgan fingerprint density at radius 3 is 2.59 bits per heavy atom. The summed E-state index contributed by atoms with van der Waals surface area (Å²) in [7, 11) is 1.63. The maximum Gasteiger partial charge on any atom is 0.257 e. The van der Waals surface area contributed by atoms with Crippen LogP contribution in [-0.2, 0) is 23.2 Å². The number of likely N-dealkylation sites (tertiary alicyclic amines) is 1. The van der Waals surface area contributed by atoms with Crippen LogP contribution in [0.1, 0.15) is 47.7 Å². The third-order valence-corrected chi connectivity index (χ3v) is 10.4. The van der Waals surface area contributed by atoms with Gasteiger partial charge in [-0.3, -0.25) is 4.79 Å². The Morgan fingerprint density at radius 2 is 1.78 bits per heavy atom. The van der Waals surface area contributed by atoms with Crippen LogP contribution in [0.25, 0.3) is 11.0 Å². The minimum absolute atomic E-state index is 0. The molecule has 1 atom stereocenters. The number of aromatic nitrogens is 5. The number of anilines is 1. The summed E-state index contributed by atoms with van der Waals surface area (Å²) in [5.41, 5.74) is 4.95. The molecule has 7 rings (SSSR count). The van der Waals surface area contributed by atoms with E-state index in [2.05, 4.69) is 79.3 Å². The maximum absolute atomic E-state index is 14.2. The van der Waals surface area contributed by atoms with Crippen LogP contribution in [0, 0.1) is 0 Å².